The quantitative estimate of drug-likeness (QED) is 0.825. The van der Waals surface area contributed by atoms with Crippen molar-refractivity contribution < 1.29 is 0 Å². The number of nitrogens with one attached hydrogen (secondary N) is 2. The highest BCUT2D eigenvalue weighted by Gasteiger charge is 2.45. The first-order chi connectivity index (χ1) is 9.58. The molecule has 0 fully saturated rings. The minimum absolute atomic E-state index is 0.276. The Bertz CT molecular complexity index is 495. The smallest absolute Gasteiger partial charge is 0.0661 e. The summed E-state index contributed by atoms with van der Waals surface area (Å²) in [5.41, 5.74) is 1.91. The Labute approximate surface area is 126 Å². The summed E-state index contributed by atoms with van der Waals surface area (Å²) in [5, 5.41) is 6.85. The van der Waals surface area contributed by atoms with Gasteiger partial charge in [-0.25, -0.2) is 0 Å². The fourth-order valence-corrected chi connectivity index (χ4v) is 3.49. The monoisotopic (exact) mass is 304 g/mol. The molecular formula is C16H22N2P2. The molecule has 0 aliphatic heterocycles. The summed E-state index contributed by atoms with van der Waals surface area (Å²) in [4.78, 5) is 0. The van der Waals surface area contributed by atoms with Gasteiger partial charge in [0.1, 0.15) is 0 Å². The van der Waals surface area contributed by atoms with Gasteiger partial charge in [-0.15, -0.1) is 0 Å². The maximum absolute atomic E-state index is 3.43. The fourth-order valence-electron chi connectivity index (χ4n) is 2.58. The second-order valence-electron chi connectivity index (χ2n) is 5.27. The Kier molecular flexibility index (Phi) is 4.94. The van der Waals surface area contributed by atoms with Gasteiger partial charge < -0.3 is 0 Å². The summed E-state index contributed by atoms with van der Waals surface area (Å²) in [6.45, 7) is 4.42. The van der Waals surface area contributed by atoms with Gasteiger partial charge in [0, 0.05) is 0 Å². The molecule has 4 unspecified atom stereocenters. The first kappa shape index (κ1) is 15.6. The Balaban J connectivity index is 2.58. The van der Waals surface area contributed by atoms with Crippen LogP contribution in [0.15, 0.2) is 60.7 Å². The third-order valence-corrected chi connectivity index (χ3v) is 5.43. The number of benzene rings is 2. The highest BCUT2D eigenvalue weighted by atomic mass is 31.0. The number of rotatable bonds is 5. The van der Waals surface area contributed by atoms with Crippen LogP contribution in [0.3, 0.4) is 0 Å². The van der Waals surface area contributed by atoms with Crippen molar-refractivity contribution in [1.82, 2.24) is 10.2 Å². The van der Waals surface area contributed by atoms with E-state index < -0.39 is 0 Å². The molecule has 0 saturated heterocycles. The van der Waals surface area contributed by atoms with Crippen molar-refractivity contribution in [3.8, 4) is 0 Å². The van der Waals surface area contributed by atoms with E-state index in [1.807, 2.05) is 12.1 Å². The molecule has 2 aromatic rings. The zero-order valence-corrected chi connectivity index (χ0v) is 14.2. The van der Waals surface area contributed by atoms with Crippen LogP contribution in [0.1, 0.15) is 25.0 Å². The van der Waals surface area contributed by atoms with Crippen LogP contribution in [-0.4, -0.2) is 0 Å². The van der Waals surface area contributed by atoms with Crippen molar-refractivity contribution in [2.24, 2.45) is 0 Å². The van der Waals surface area contributed by atoms with Gasteiger partial charge >= 0.3 is 0 Å². The molecular weight excluding hydrogens is 282 g/mol. The lowest BCUT2D eigenvalue weighted by Gasteiger charge is -2.47. The van der Waals surface area contributed by atoms with Crippen LogP contribution in [0.4, 0.5) is 0 Å². The van der Waals surface area contributed by atoms with E-state index in [0.29, 0.717) is 0 Å². The SMILES string of the molecule is CC(NP)(c1ccccc1)C(C)(NP)c1ccccc1. The van der Waals surface area contributed by atoms with Gasteiger partial charge in [0.25, 0.3) is 0 Å². The van der Waals surface area contributed by atoms with Gasteiger partial charge in [-0.05, 0) is 25.0 Å². The topological polar surface area (TPSA) is 24.1 Å². The average Bonchev–Trinajstić information content (AvgIpc) is 2.54. The second kappa shape index (κ2) is 6.33. The number of hydrogen-bond donors (Lipinski definition) is 2. The summed E-state index contributed by atoms with van der Waals surface area (Å²) in [6, 6.07) is 21.0. The third kappa shape index (κ3) is 2.54. The predicted octanol–water partition coefficient (Wildman–Crippen LogP) is 3.58. The van der Waals surface area contributed by atoms with Crippen LogP contribution < -0.4 is 10.2 Å². The van der Waals surface area contributed by atoms with Crippen LogP contribution in [-0.2, 0) is 11.1 Å². The van der Waals surface area contributed by atoms with E-state index in [1.54, 1.807) is 0 Å². The van der Waals surface area contributed by atoms with Gasteiger partial charge in [-0.1, -0.05) is 79.4 Å². The molecule has 2 aromatic carbocycles. The maximum Gasteiger partial charge on any atom is 0.0661 e. The van der Waals surface area contributed by atoms with Gasteiger partial charge in [-0.2, -0.15) is 0 Å². The van der Waals surface area contributed by atoms with E-state index in [1.165, 1.54) is 11.1 Å². The molecule has 0 spiro atoms. The molecule has 0 bridgehead atoms. The minimum Gasteiger partial charge on any atom is -0.289 e. The van der Waals surface area contributed by atoms with E-state index in [4.69, 9.17) is 0 Å². The molecule has 0 saturated carbocycles. The predicted molar refractivity (Wildman–Crippen MR) is 93.3 cm³/mol. The normalized spacial score (nSPS) is 17.2. The number of hydrogen-bond acceptors (Lipinski definition) is 2. The van der Waals surface area contributed by atoms with Gasteiger partial charge in [-0.3, -0.25) is 10.2 Å². The van der Waals surface area contributed by atoms with Gasteiger partial charge in [0.2, 0.25) is 0 Å². The van der Waals surface area contributed by atoms with Crippen LogP contribution in [0.25, 0.3) is 0 Å². The molecule has 2 rings (SSSR count). The fraction of sp³-hybridized carbons (Fsp3) is 0.250. The average molecular weight is 304 g/mol. The third-order valence-electron chi connectivity index (χ3n) is 4.28. The van der Waals surface area contributed by atoms with Crippen molar-refractivity contribution in [2.45, 2.75) is 24.9 Å². The van der Waals surface area contributed by atoms with Crippen LogP contribution in [0.2, 0.25) is 0 Å². The molecule has 20 heavy (non-hydrogen) atoms. The van der Waals surface area contributed by atoms with Crippen molar-refractivity contribution in [1.29, 1.82) is 0 Å². The van der Waals surface area contributed by atoms with E-state index in [0.717, 1.165) is 0 Å². The molecule has 2 nitrogen and oxygen atoms in total. The highest BCUT2D eigenvalue weighted by Crippen LogP contribution is 2.41. The standard InChI is InChI=1S/C16H22N2P2/c1-15(17-19,13-9-5-3-6-10-13)16(2,18-20)14-11-7-4-8-12-14/h3-12,17-18H,19-20H2,1-2H3. The molecule has 0 radical (unpaired) electrons. The summed E-state index contributed by atoms with van der Waals surface area (Å²) >= 11 is 0. The summed E-state index contributed by atoms with van der Waals surface area (Å²) < 4.78 is 0. The Morgan fingerprint density at radius 1 is 0.650 bits per heavy atom. The van der Waals surface area contributed by atoms with Crippen molar-refractivity contribution in [3.63, 3.8) is 0 Å². The lowest BCUT2D eigenvalue weighted by Crippen LogP contribution is -2.57. The molecule has 4 heteroatoms. The van der Waals surface area contributed by atoms with Crippen molar-refractivity contribution in [3.05, 3.63) is 71.8 Å². The first-order valence-electron chi connectivity index (χ1n) is 6.65. The summed E-state index contributed by atoms with van der Waals surface area (Å²) in [5.74, 6) is 0. The van der Waals surface area contributed by atoms with Crippen LogP contribution in [0, 0.1) is 0 Å². The highest BCUT2D eigenvalue weighted by molar-refractivity contribution is 7.14. The summed E-state index contributed by atoms with van der Waals surface area (Å²) in [7, 11) is 5.33. The van der Waals surface area contributed by atoms with Crippen molar-refractivity contribution in [2.75, 3.05) is 0 Å². The van der Waals surface area contributed by atoms with Gasteiger partial charge in [0.15, 0.2) is 0 Å². The minimum atomic E-state index is -0.276. The molecule has 0 amide bonds. The molecule has 2 N–H and O–H groups in total. The zero-order valence-electron chi connectivity index (χ0n) is 11.9. The van der Waals surface area contributed by atoms with E-state index in [9.17, 15) is 0 Å². The molecule has 0 aliphatic rings. The molecule has 0 aliphatic carbocycles. The van der Waals surface area contributed by atoms with Crippen molar-refractivity contribution >= 4 is 18.8 Å². The molecule has 106 valence electrons. The lowest BCUT2D eigenvalue weighted by atomic mass is 9.72. The molecule has 4 atom stereocenters. The maximum atomic E-state index is 3.43. The first-order valence-corrected chi connectivity index (χ1v) is 7.80. The van der Waals surface area contributed by atoms with Crippen LogP contribution in [0.5, 0.6) is 0 Å². The van der Waals surface area contributed by atoms with E-state index >= 15 is 0 Å². The molecule has 0 heterocycles. The lowest BCUT2D eigenvalue weighted by molar-refractivity contribution is 0.227. The zero-order chi connectivity index (χ0) is 14.6. The summed E-state index contributed by atoms with van der Waals surface area (Å²) in [6.07, 6.45) is 0. The Morgan fingerprint density at radius 2 is 0.950 bits per heavy atom. The largest absolute Gasteiger partial charge is 0.289 e. The van der Waals surface area contributed by atoms with Gasteiger partial charge in [0.05, 0.1) is 11.1 Å². The Hall–Kier alpha value is -0.780. The van der Waals surface area contributed by atoms with Crippen LogP contribution >= 0.6 is 18.8 Å². The second-order valence-corrected chi connectivity index (χ2v) is 5.85. The molecule has 0 aromatic heterocycles. The Morgan fingerprint density at radius 3 is 1.20 bits per heavy atom. The van der Waals surface area contributed by atoms with E-state index in [2.05, 4.69) is 91.3 Å². The van der Waals surface area contributed by atoms with E-state index in [-0.39, 0.29) is 11.1 Å².